The lowest BCUT2D eigenvalue weighted by Gasteiger charge is -2.08. The number of fused-ring (bicyclic) bond motifs is 1. The van der Waals surface area contributed by atoms with Crippen molar-refractivity contribution in [1.82, 2.24) is 0 Å². The fourth-order valence-corrected chi connectivity index (χ4v) is 2.60. The van der Waals surface area contributed by atoms with Gasteiger partial charge in [0.15, 0.2) is 0 Å². The van der Waals surface area contributed by atoms with Crippen molar-refractivity contribution in [1.29, 1.82) is 0 Å². The standard InChI is InChI=1S/C13H15Br/c1-3-4-10-5-6-13(14)12-8-9(2)7-11(10)12/h5-7H,3-4,8H2,1-2H3. The van der Waals surface area contributed by atoms with Crippen molar-refractivity contribution in [3.8, 4) is 0 Å². The monoisotopic (exact) mass is 250 g/mol. The number of aryl methyl sites for hydroxylation is 1. The molecule has 0 unspecified atom stereocenters. The van der Waals surface area contributed by atoms with Crippen LogP contribution in [-0.4, -0.2) is 0 Å². The fourth-order valence-electron chi connectivity index (χ4n) is 2.11. The third-order valence-electron chi connectivity index (χ3n) is 2.76. The van der Waals surface area contributed by atoms with Gasteiger partial charge < -0.3 is 0 Å². The van der Waals surface area contributed by atoms with Crippen LogP contribution in [0.2, 0.25) is 0 Å². The van der Waals surface area contributed by atoms with Gasteiger partial charge in [0.25, 0.3) is 0 Å². The average molecular weight is 251 g/mol. The zero-order chi connectivity index (χ0) is 10.1. The molecule has 0 amide bonds. The Labute approximate surface area is 94.2 Å². The van der Waals surface area contributed by atoms with Gasteiger partial charge in [0.05, 0.1) is 0 Å². The highest BCUT2D eigenvalue weighted by Crippen LogP contribution is 2.33. The van der Waals surface area contributed by atoms with Gasteiger partial charge in [-0.2, -0.15) is 0 Å². The summed E-state index contributed by atoms with van der Waals surface area (Å²) in [5.74, 6) is 0. The lowest BCUT2D eigenvalue weighted by atomic mass is 10.0. The molecule has 14 heavy (non-hydrogen) atoms. The molecule has 0 aliphatic heterocycles. The molecule has 0 fully saturated rings. The van der Waals surface area contributed by atoms with Crippen LogP contribution in [0.3, 0.4) is 0 Å². The molecule has 0 spiro atoms. The molecule has 1 aliphatic carbocycles. The Kier molecular flexibility index (Phi) is 2.78. The lowest BCUT2D eigenvalue weighted by molar-refractivity contribution is 0.917. The maximum Gasteiger partial charge on any atom is 0.0216 e. The average Bonchev–Trinajstić information content (AvgIpc) is 2.53. The predicted octanol–water partition coefficient (Wildman–Crippen LogP) is 4.36. The van der Waals surface area contributed by atoms with E-state index >= 15 is 0 Å². The Hall–Kier alpha value is -0.560. The van der Waals surface area contributed by atoms with Gasteiger partial charge in [-0.15, -0.1) is 0 Å². The molecule has 0 radical (unpaired) electrons. The van der Waals surface area contributed by atoms with Gasteiger partial charge in [-0.1, -0.05) is 47.0 Å². The van der Waals surface area contributed by atoms with Gasteiger partial charge in [0.1, 0.15) is 0 Å². The van der Waals surface area contributed by atoms with Crippen LogP contribution in [0, 0.1) is 0 Å². The molecule has 1 aromatic carbocycles. The molecule has 0 saturated heterocycles. The van der Waals surface area contributed by atoms with Crippen molar-refractivity contribution in [2.45, 2.75) is 33.1 Å². The summed E-state index contributed by atoms with van der Waals surface area (Å²) in [6.45, 7) is 4.45. The molecule has 1 heteroatoms. The van der Waals surface area contributed by atoms with Gasteiger partial charge in [0, 0.05) is 4.47 Å². The summed E-state index contributed by atoms with van der Waals surface area (Å²) in [6, 6.07) is 4.44. The summed E-state index contributed by atoms with van der Waals surface area (Å²) >= 11 is 3.63. The van der Waals surface area contributed by atoms with Crippen LogP contribution in [0.5, 0.6) is 0 Å². The smallest absolute Gasteiger partial charge is 0.0216 e. The van der Waals surface area contributed by atoms with Crippen molar-refractivity contribution < 1.29 is 0 Å². The van der Waals surface area contributed by atoms with Crippen LogP contribution in [-0.2, 0) is 12.8 Å². The fraction of sp³-hybridized carbons (Fsp3) is 0.385. The molecular weight excluding hydrogens is 236 g/mol. The van der Waals surface area contributed by atoms with E-state index in [0.29, 0.717) is 0 Å². The SMILES string of the molecule is CCCc1ccc(Br)c2c1C=C(C)C2. The second-order valence-corrected chi connectivity index (χ2v) is 4.87. The summed E-state index contributed by atoms with van der Waals surface area (Å²) in [5, 5.41) is 0. The molecule has 1 aromatic rings. The Bertz CT molecular complexity index is 388. The molecule has 0 aromatic heterocycles. The van der Waals surface area contributed by atoms with Crippen molar-refractivity contribution in [3.05, 3.63) is 38.9 Å². The van der Waals surface area contributed by atoms with Crippen LogP contribution < -0.4 is 0 Å². The minimum Gasteiger partial charge on any atom is -0.0683 e. The number of hydrogen-bond acceptors (Lipinski definition) is 0. The Morgan fingerprint density at radius 1 is 1.36 bits per heavy atom. The number of halogens is 1. The summed E-state index contributed by atoms with van der Waals surface area (Å²) in [4.78, 5) is 0. The normalized spacial score (nSPS) is 14.1. The number of benzene rings is 1. The molecule has 0 bridgehead atoms. The van der Waals surface area contributed by atoms with Crippen molar-refractivity contribution in [2.24, 2.45) is 0 Å². The first-order valence-electron chi connectivity index (χ1n) is 5.19. The van der Waals surface area contributed by atoms with E-state index in [4.69, 9.17) is 0 Å². The highest BCUT2D eigenvalue weighted by molar-refractivity contribution is 9.10. The summed E-state index contributed by atoms with van der Waals surface area (Å²) < 4.78 is 1.26. The molecule has 0 N–H and O–H groups in total. The Morgan fingerprint density at radius 2 is 2.14 bits per heavy atom. The highest BCUT2D eigenvalue weighted by atomic mass is 79.9. The van der Waals surface area contributed by atoms with Crippen LogP contribution in [0.25, 0.3) is 6.08 Å². The van der Waals surface area contributed by atoms with Crippen LogP contribution in [0.1, 0.15) is 37.0 Å². The molecule has 2 rings (SSSR count). The Balaban J connectivity index is 2.50. The van der Waals surface area contributed by atoms with E-state index in [1.807, 2.05) is 0 Å². The molecule has 1 aliphatic rings. The van der Waals surface area contributed by atoms with E-state index in [1.54, 1.807) is 0 Å². The number of hydrogen-bond donors (Lipinski definition) is 0. The van der Waals surface area contributed by atoms with Crippen LogP contribution in [0.4, 0.5) is 0 Å². The zero-order valence-corrected chi connectivity index (χ0v) is 10.3. The van der Waals surface area contributed by atoms with E-state index < -0.39 is 0 Å². The van der Waals surface area contributed by atoms with E-state index in [0.717, 1.165) is 6.42 Å². The maximum atomic E-state index is 3.63. The molecule has 0 heterocycles. The maximum absolute atomic E-state index is 3.63. The third-order valence-corrected chi connectivity index (χ3v) is 3.50. The zero-order valence-electron chi connectivity index (χ0n) is 8.73. The largest absolute Gasteiger partial charge is 0.0683 e. The topological polar surface area (TPSA) is 0 Å². The minimum absolute atomic E-state index is 1.12. The number of allylic oxidation sites excluding steroid dienone is 1. The highest BCUT2D eigenvalue weighted by Gasteiger charge is 2.15. The quantitative estimate of drug-likeness (QED) is 0.732. The van der Waals surface area contributed by atoms with Gasteiger partial charge in [-0.25, -0.2) is 0 Å². The first-order valence-corrected chi connectivity index (χ1v) is 5.99. The second kappa shape index (κ2) is 3.90. The predicted molar refractivity (Wildman–Crippen MR) is 65.5 cm³/mol. The van der Waals surface area contributed by atoms with Crippen molar-refractivity contribution in [2.75, 3.05) is 0 Å². The first kappa shape index (κ1) is 9.97. The van der Waals surface area contributed by atoms with E-state index in [2.05, 4.69) is 48.0 Å². The van der Waals surface area contributed by atoms with Crippen LogP contribution in [0.15, 0.2) is 22.2 Å². The van der Waals surface area contributed by atoms with E-state index in [1.165, 1.54) is 39.6 Å². The minimum atomic E-state index is 1.12. The van der Waals surface area contributed by atoms with E-state index in [9.17, 15) is 0 Å². The van der Waals surface area contributed by atoms with Crippen molar-refractivity contribution in [3.63, 3.8) is 0 Å². The summed E-state index contributed by atoms with van der Waals surface area (Å²) in [6.07, 6.45) is 5.87. The van der Waals surface area contributed by atoms with Gasteiger partial charge in [-0.05, 0) is 42.5 Å². The second-order valence-electron chi connectivity index (χ2n) is 4.02. The van der Waals surface area contributed by atoms with Gasteiger partial charge in [0.2, 0.25) is 0 Å². The Morgan fingerprint density at radius 3 is 2.86 bits per heavy atom. The molecule has 0 atom stereocenters. The van der Waals surface area contributed by atoms with Crippen molar-refractivity contribution >= 4 is 22.0 Å². The molecule has 0 nitrogen and oxygen atoms in total. The summed E-state index contributed by atoms with van der Waals surface area (Å²) in [5.41, 5.74) is 5.93. The summed E-state index contributed by atoms with van der Waals surface area (Å²) in [7, 11) is 0. The molecule has 0 saturated carbocycles. The van der Waals surface area contributed by atoms with E-state index in [-0.39, 0.29) is 0 Å². The first-order chi connectivity index (χ1) is 6.72. The van der Waals surface area contributed by atoms with Crippen LogP contribution >= 0.6 is 15.9 Å². The van der Waals surface area contributed by atoms with Gasteiger partial charge in [-0.3, -0.25) is 0 Å². The molecular formula is C13H15Br. The lowest BCUT2D eigenvalue weighted by Crippen LogP contribution is -1.92. The number of rotatable bonds is 2. The van der Waals surface area contributed by atoms with Gasteiger partial charge >= 0.3 is 0 Å². The molecule has 74 valence electrons. The third kappa shape index (κ3) is 1.66.